The van der Waals surface area contributed by atoms with Crippen LogP contribution in [0.2, 0.25) is 0 Å². The van der Waals surface area contributed by atoms with Crippen LogP contribution in [-0.4, -0.2) is 80.7 Å². The number of likely N-dealkylation sites (N-methyl/N-ethyl adjacent to an activating group) is 1. The second kappa shape index (κ2) is 12.5. The molecule has 3 aromatic rings. The largest absolute Gasteiger partial charge is 0.387 e. The zero-order valence-electron chi connectivity index (χ0n) is 21.9. The molecule has 0 radical (unpaired) electrons. The van der Waals surface area contributed by atoms with Gasteiger partial charge in [-0.25, -0.2) is 28.2 Å². The lowest BCUT2D eigenvalue weighted by atomic mass is 10.1. The van der Waals surface area contributed by atoms with Crippen LogP contribution in [0, 0.1) is 0 Å². The minimum Gasteiger partial charge on any atom is -0.387 e. The maximum Gasteiger partial charge on any atom is 0.324 e. The summed E-state index contributed by atoms with van der Waals surface area (Å²) in [5.41, 5.74) is 0.978. The third-order valence-electron chi connectivity index (χ3n) is 6.12. The van der Waals surface area contributed by atoms with Crippen molar-refractivity contribution in [1.82, 2.24) is 24.8 Å². The van der Waals surface area contributed by atoms with E-state index in [1.54, 1.807) is 25.1 Å². The molecular formula is C24H32N8O7S. The lowest BCUT2D eigenvalue weighted by molar-refractivity contribution is -0.137. The Bertz CT molecular complexity index is 1460. The maximum atomic E-state index is 12.7. The van der Waals surface area contributed by atoms with Gasteiger partial charge in [0.25, 0.3) is 5.91 Å². The van der Waals surface area contributed by atoms with Crippen molar-refractivity contribution in [2.75, 3.05) is 27.7 Å². The summed E-state index contributed by atoms with van der Waals surface area (Å²) in [5.74, 6) is -0.519. The number of anilines is 3. The summed E-state index contributed by atoms with van der Waals surface area (Å²) in [7, 11) is -3.52. The Labute approximate surface area is 230 Å². The third-order valence-corrected chi connectivity index (χ3v) is 7.50. The fourth-order valence-electron chi connectivity index (χ4n) is 4.21. The first-order chi connectivity index (χ1) is 19.1. The molecule has 3 amide bonds. The zero-order valence-corrected chi connectivity index (χ0v) is 22.8. The molecule has 1 fully saturated rings. The fraction of sp³-hybridized carbons (Fsp3) is 0.458. The number of unbranched alkanes of at least 4 members (excludes halogenated alkanes) is 2. The van der Waals surface area contributed by atoms with E-state index in [0.29, 0.717) is 24.3 Å². The number of fused-ring (bicyclic) bond motifs is 1. The van der Waals surface area contributed by atoms with Crippen LogP contribution in [0.5, 0.6) is 0 Å². The molecule has 1 aliphatic heterocycles. The number of hydrogen-bond acceptors (Lipinski definition) is 10. The molecule has 0 unspecified atom stereocenters. The van der Waals surface area contributed by atoms with Crippen LogP contribution >= 0.6 is 0 Å². The van der Waals surface area contributed by atoms with Crippen molar-refractivity contribution in [3.05, 3.63) is 36.9 Å². The number of imidazole rings is 1. The number of aromatic nitrogens is 4. The summed E-state index contributed by atoms with van der Waals surface area (Å²) >= 11 is 0. The lowest BCUT2D eigenvalue weighted by Crippen LogP contribution is -2.42. The first-order valence-corrected chi connectivity index (χ1v) is 14.4. The molecule has 216 valence electrons. The third kappa shape index (κ3) is 6.64. The van der Waals surface area contributed by atoms with Crippen molar-refractivity contribution < 1.29 is 33.0 Å². The molecule has 6 N–H and O–H groups in total. The van der Waals surface area contributed by atoms with Gasteiger partial charge < -0.3 is 25.6 Å². The van der Waals surface area contributed by atoms with Crippen LogP contribution < -0.4 is 20.7 Å². The molecule has 1 saturated heterocycles. The molecule has 4 rings (SSSR count). The first-order valence-electron chi connectivity index (χ1n) is 12.8. The summed E-state index contributed by atoms with van der Waals surface area (Å²) in [4.78, 5) is 37.4. The molecule has 1 aliphatic rings. The molecule has 0 aliphatic carbocycles. The number of benzene rings is 1. The quantitative estimate of drug-likeness (QED) is 0.179. The monoisotopic (exact) mass is 576 g/mol. The molecule has 15 nitrogen and oxygen atoms in total. The highest BCUT2D eigenvalue weighted by Gasteiger charge is 2.47. The van der Waals surface area contributed by atoms with Gasteiger partial charge in [-0.2, -0.15) is 0 Å². The summed E-state index contributed by atoms with van der Waals surface area (Å²) in [5, 5.41) is 28.6. The van der Waals surface area contributed by atoms with E-state index in [4.69, 9.17) is 4.74 Å². The van der Waals surface area contributed by atoms with Crippen LogP contribution in [0.4, 0.5) is 22.0 Å². The normalized spacial score (nSPS) is 20.8. The van der Waals surface area contributed by atoms with Gasteiger partial charge >= 0.3 is 6.03 Å². The van der Waals surface area contributed by atoms with E-state index in [1.807, 2.05) is 6.92 Å². The second-order valence-corrected chi connectivity index (χ2v) is 11.0. The molecule has 2 aromatic heterocycles. The molecule has 1 aromatic carbocycles. The molecular weight excluding hydrogens is 544 g/mol. The van der Waals surface area contributed by atoms with Crippen LogP contribution in [0.3, 0.4) is 0 Å². The average Bonchev–Trinajstić information content (AvgIpc) is 3.45. The second-order valence-electron chi connectivity index (χ2n) is 9.16. The van der Waals surface area contributed by atoms with Gasteiger partial charge in [-0.15, -0.1) is 0 Å². The van der Waals surface area contributed by atoms with Gasteiger partial charge in [0.15, 0.2) is 29.3 Å². The summed E-state index contributed by atoms with van der Waals surface area (Å²) in [6, 6.07) is 5.57. The van der Waals surface area contributed by atoms with E-state index in [1.165, 1.54) is 23.3 Å². The van der Waals surface area contributed by atoms with Gasteiger partial charge in [-0.1, -0.05) is 25.8 Å². The van der Waals surface area contributed by atoms with Gasteiger partial charge in [0, 0.05) is 12.2 Å². The van der Waals surface area contributed by atoms with Crippen molar-refractivity contribution in [2.24, 2.45) is 0 Å². The van der Waals surface area contributed by atoms with E-state index < -0.39 is 46.5 Å². The van der Waals surface area contributed by atoms with Gasteiger partial charge in [-0.3, -0.25) is 19.4 Å². The van der Waals surface area contributed by atoms with E-state index in [9.17, 15) is 28.2 Å². The number of amides is 3. The van der Waals surface area contributed by atoms with Crippen LogP contribution in [0.25, 0.3) is 11.2 Å². The summed E-state index contributed by atoms with van der Waals surface area (Å²) in [6.07, 6.45) is -0.660. The number of ether oxygens (including phenoxy) is 1. The SMILES string of the molecule is CCCCCS(=O)(=O)Nc1cccc(NC(=O)Nc2ncnc3c2ncn3[C@@H]2O[C@H](C(=O)NCC)[C@@H](O)[C@H]2O)c1. The Morgan fingerprint density at radius 2 is 1.82 bits per heavy atom. The van der Waals surface area contributed by atoms with Crippen LogP contribution in [0.15, 0.2) is 36.9 Å². The number of nitrogens with zero attached hydrogens (tertiary/aromatic N) is 4. The smallest absolute Gasteiger partial charge is 0.324 e. The van der Waals surface area contributed by atoms with Gasteiger partial charge in [-0.05, 0) is 31.5 Å². The molecule has 0 saturated carbocycles. The zero-order chi connectivity index (χ0) is 28.9. The first kappa shape index (κ1) is 29.1. The van der Waals surface area contributed by atoms with Crippen molar-refractivity contribution in [1.29, 1.82) is 0 Å². The summed E-state index contributed by atoms with van der Waals surface area (Å²) < 4.78 is 34.1. The Hall–Kier alpha value is -3.86. The topological polar surface area (TPSA) is 210 Å². The van der Waals surface area contributed by atoms with E-state index >= 15 is 0 Å². The fourth-order valence-corrected chi connectivity index (χ4v) is 5.39. The van der Waals surface area contributed by atoms with Crippen LogP contribution in [0.1, 0.15) is 39.3 Å². The van der Waals surface area contributed by atoms with Gasteiger partial charge in [0.2, 0.25) is 10.0 Å². The highest BCUT2D eigenvalue weighted by atomic mass is 32.2. The Morgan fingerprint density at radius 3 is 2.58 bits per heavy atom. The number of sulfonamides is 1. The van der Waals surface area contributed by atoms with Crippen molar-refractivity contribution in [2.45, 2.75) is 57.6 Å². The van der Waals surface area contributed by atoms with E-state index in [-0.39, 0.29) is 22.7 Å². The molecule has 0 bridgehead atoms. The van der Waals surface area contributed by atoms with Gasteiger partial charge in [0.1, 0.15) is 18.5 Å². The standard InChI is InChI=1S/C24H32N8O7S/c1-3-5-6-10-40(37,38)31-15-9-7-8-14(11-15)29-24(36)30-20-16-21(27-12-26-20)32(13-28-16)23-18(34)17(33)19(39-23)22(35)25-4-2/h7-9,11-13,17-19,23,31,33-34H,3-6,10H2,1-2H3,(H,25,35)(H2,26,27,29,30,36)/t17-,18+,19-,23+/m0/s1. The number of carbonyl (C=O) groups excluding carboxylic acids is 2. The highest BCUT2D eigenvalue weighted by molar-refractivity contribution is 7.92. The summed E-state index contributed by atoms with van der Waals surface area (Å²) in [6.45, 7) is 4.03. The van der Waals surface area contributed by atoms with E-state index in [0.717, 1.165) is 12.8 Å². The highest BCUT2D eigenvalue weighted by Crippen LogP contribution is 2.32. The van der Waals surface area contributed by atoms with Crippen molar-refractivity contribution in [3.63, 3.8) is 0 Å². The maximum absolute atomic E-state index is 12.7. The Balaban J connectivity index is 1.45. The number of nitrogens with one attached hydrogen (secondary N) is 4. The molecule has 4 atom stereocenters. The number of aliphatic hydroxyl groups excluding tert-OH is 2. The van der Waals surface area contributed by atoms with Crippen molar-refractivity contribution in [3.8, 4) is 0 Å². The van der Waals surface area contributed by atoms with Gasteiger partial charge in [0.05, 0.1) is 17.8 Å². The van der Waals surface area contributed by atoms with Crippen LogP contribution in [-0.2, 0) is 19.6 Å². The minimum absolute atomic E-state index is 0.00379. The predicted octanol–water partition coefficient (Wildman–Crippen LogP) is 1.16. The number of hydrogen-bond donors (Lipinski definition) is 6. The van der Waals surface area contributed by atoms with Crippen molar-refractivity contribution >= 4 is 50.3 Å². The number of carbonyl (C=O) groups is 2. The molecule has 0 spiro atoms. The number of aliphatic hydroxyl groups is 2. The lowest BCUT2D eigenvalue weighted by Gasteiger charge is -2.16. The average molecular weight is 577 g/mol. The predicted molar refractivity (Wildman–Crippen MR) is 146 cm³/mol. The molecule has 40 heavy (non-hydrogen) atoms. The minimum atomic E-state index is -3.52. The molecule has 3 heterocycles. The number of urea groups is 1. The molecule has 16 heteroatoms. The van der Waals surface area contributed by atoms with E-state index in [2.05, 4.69) is 35.6 Å². The Morgan fingerprint density at radius 1 is 1.05 bits per heavy atom. The number of rotatable bonds is 11. The Kier molecular flexibility index (Phi) is 9.14.